The van der Waals surface area contributed by atoms with Crippen molar-refractivity contribution in [2.45, 2.75) is 20.0 Å². The monoisotopic (exact) mass is 437 g/mol. The van der Waals surface area contributed by atoms with Crippen molar-refractivity contribution in [3.05, 3.63) is 97.4 Å². The normalized spacial score (nSPS) is 10.9. The first-order valence-electron chi connectivity index (χ1n) is 9.45. The summed E-state index contributed by atoms with van der Waals surface area (Å²) in [6.07, 6.45) is 0. The van der Waals surface area contributed by atoms with Crippen LogP contribution in [0.5, 0.6) is 0 Å². The molecular weight excluding hydrogens is 418 g/mol. The molecule has 5 nitrogen and oxygen atoms in total. The van der Waals surface area contributed by atoms with E-state index in [1.807, 2.05) is 48.7 Å². The Balaban J connectivity index is 1.64. The summed E-state index contributed by atoms with van der Waals surface area (Å²) in [5.74, 6) is 0. The van der Waals surface area contributed by atoms with E-state index in [-0.39, 0.29) is 18.1 Å². The van der Waals surface area contributed by atoms with Crippen molar-refractivity contribution in [3.63, 3.8) is 0 Å². The van der Waals surface area contributed by atoms with Crippen LogP contribution in [0.15, 0.2) is 70.8 Å². The van der Waals surface area contributed by atoms with Gasteiger partial charge in [0.15, 0.2) is 0 Å². The Morgan fingerprint density at radius 1 is 1.10 bits per heavy atom. The lowest BCUT2D eigenvalue weighted by atomic mass is 10.1. The molecule has 0 saturated carbocycles. The summed E-state index contributed by atoms with van der Waals surface area (Å²) in [5, 5.41) is 6.32. The molecule has 0 spiro atoms. The number of aromatic amines is 1. The van der Waals surface area contributed by atoms with Crippen molar-refractivity contribution in [1.82, 2.24) is 9.88 Å². The Kier molecular flexibility index (Phi) is 5.88. The van der Waals surface area contributed by atoms with Crippen LogP contribution in [0.25, 0.3) is 10.9 Å². The summed E-state index contributed by atoms with van der Waals surface area (Å²) in [5.41, 5.74) is 2.77. The first kappa shape index (κ1) is 20.2. The van der Waals surface area contributed by atoms with Crippen LogP contribution in [0.3, 0.4) is 0 Å². The number of H-pyrrole nitrogens is 1. The maximum atomic E-state index is 13.0. The highest BCUT2D eigenvalue weighted by Gasteiger charge is 2.18. The number of carbonyl (C=O) groups is 1. The fraction of sp³-hybridized carbons (Fsp3) is 0.130. The second kappa shape index (κ2) is 8.73. The van der Waals surface area contributed by atoms with Gasteiger partial charge < -0.3 is 15.2 Å². The van der Waals surface area contributed by atoms with Gasteiger partial charge >= 0.3 is 6.03 Å². The Morgan fingerprint density at radius 2 is 1.93 bits per heavy atom. The van der Waals surface area contributed by atoms with Gasteiger partial charge in [-0.25, -0.2) is 4.79 Å². The number of halogens is 1. The van der Waals surface area contributed by atoms with Gasteiger partial charge in [0.05, 0.1) is 18.6 Å². The molecule has 0 fully saturated rings. The maximum Gasteiger partial charge on any atom is 0.322 e. The summed E-state index contributed by atoms with van der Waals surface area (Å²) in [6.45, 7) is 2.54. The average Bonchev–Trinajstić information content (AvgIpc) is 3.22. The van der Waals surface area contributed by atoms with Crippen LogP contribution in [0.2, 0.25) is 5.02 Å². The molecule has 7 heteroatoms. The lowest BCUT2D eigenvalue weighted by Gasteiger charge is -2.23. The number of anilines is 1. The standard InChI is InChI=1S/C23H20ClN3O2S/c1-15-5-2-6-16-11-17(22(28)26-21(15)16)13-27(14-20-9-4-10-30-20)23(29)25-19-8-3-7-18(24)12-19/h2-12H,13-14H2,1H3,(H,25,29)(H,26,28). The summed E-state index contributed by atoms with van der Waals surface area (Å²) < 4.78 is 0. The first-order valence-corrected chi connectivity index (χ1v) is 10.7. The molecule has 2 amide bonds. The predicted octanol–water partition coefficient (Wildman–Crippen LogP) is 5.79. The number of amides is 2. The van der Waals surface area contributed by atoms with Gasteiger partial charge in [-0.2, -0.15) is 0 Å². The lowest BCUT2D eigenvalue weighted by Crippen LogP contribution is -2.35. The molecule has 2 aromatic heterocycles. The topological polar surface area (TPSA) is 65.2 Å². The van der Waals surface area contributed by atoms with Crippen LogP contribution in [-0.4, -0.2) is 15.9 Å². The number of pyridine rings is 1. The Labute approximate surface area is 182 Å². The van der Waals surface area contributed by atoms with Gasteiger partial charge in [0.2, 0.25) is 0 Å². The third-order valence-electron chi connectivity index (χ3n) is 4.82. The van der Waals surface area contributed by atoms with Gasteiger partial charge in [-0.05, 0) is 53.6 Å². The van der Waals surface area contributed by atoms with Crippen LogP contribution in [0.4, 0.5) is 10.5 Å². The predicted molar refractivity (Wildman–Crippen MR) is 123 cm³/mol. The number of urea groups is 1. The summed E-state index contributed by atoms with van der Waals surface area (Å²) >= 11 is 7.60. The zero-order valence-corrected chi connectivity index (χ0v) is 17.9. The molecule has 0 unspecified atom stereocenters. The van der Waals surface area contributed by atoms with Crippen LogP contribution in [-0.2, 0) is 13.1 Å². The van der Waals surface area contributed by atoms with E-state index in [2.05, 4.69) is 10.3 Å². The highest BCUT2D eigenvalue weighted by Crippen LogP contribution is 2.20. The Hall–Kier alpha value is -3.09. The zero-order chi connectivity index (χ0) is 21.1. The number of nitrogens with zero attached hydrogens (tertiary/aromatic N) is 1. The number of fused-ring (bicyclic) bond motifs is 1. The zero-order valence-electron chi connectivity index (χ0n) is 16.3. The number of thiophene rings is 1. The van der Waals surface area contributed by atoms with E-state index in [0.29, 0.717) is 22.8 Å². The summed E-state index contributed by atoms with van der Waals surface area (Å²) in [4.78, 5) is 31.4. The second-order valence-electron chi connectivity index (χ2n) is 7.04. The van der Waals surface area contributed by atoms with Crippen molar-refractivity contribution in [2.75, 3.05) is 5.32 Å². The minimum atomic E-state index is -0.297. The molecule has 2 N–H and O–H groups in total. The number of benzene rings is 2. The molecule has 30 heavy (non-hydrogen) atoms. The third kappa shape index (κ3) is 4.56. The molecule has 2 heterocycles. The van der Waals surface area contributed by atoms with Gasteiger partial charge in [-0.15, -0.1) is 11.3 Å². The van der Waals surface area contributed by atoms with Crippen molar-refractivity contribution < 1.29 is 4.79 Å². The molecule has 0 saturated heterocycles. The van der Waals surface area contributed by atoms with Crippen molar-refractivity contribution >= 4 is 45.6 Å². The van der Waals surface area contributed by atoms with E-state index in [0.717, 1.165) is 21.3 Å². The van der Waals surface area contributed by atoms with Crippen LogP contribution >= 0.6 is 22.9 Å². The number of hydrogen-bond acceptors (Lipinski definition) is 3. The fourth-order valence-corrected chi connectivity index (χ4v) is 4.22. The average molecular weight is 438 g/mol. The lowest BCUT2D eigenvalue weighted by molar-refractivity contribution is 0.207. The molecular formula is C23H20ClN3O2S. The molecule has 0 radical (unpaired) electrons. The third-order valence-corrected chi connectivity index (χ3v) is 5.91. The minimum absolute atomic E-state index is 0.184. The van der Waals surface area contributed by atoms with Crippen molar-refractivity contribution in [1.29, 1.82) is 0 Å². The van der Waals surface area contributed by atoms with Crippen LogP contribution < -0.4 is 10.9 Å². The van der Waals surface area contributed by atoms with Crippen LogP contribution in [0, 0.1) is 6.92 Å². The van der Waals surface area contributed by atoms with Gasteiger partial charge in [-0.3, -0.25) is 4.79 Å². The maximum absolute atomic E-state index is 13.0. The number of hydrogen-bond donors (Lipinski definition) is 2. The highest BCUT2D eigenvalue weighted by molar-refractivity contribution is 7.09. The van der Waals surface area contributed by atoms with Gasteiger partial charge in [0.25, 0.3) is 5.56 Å². The molecule has 0 aliphatic heterocycles. The molecule has 4 rings (SSSR count). The highest BCUT2D eigenvalue weighted by atomic mass is 35.5. The number of nitrogens with one attached hydrogen (secondary N) is 2. The van der Waals surface area contributed by atoms with E-state index in [1.165, 1.54) is 0 Å². The van der Waals surface area contributed by atoms with E-state index < -0.39 is 0 Å². The molecule has 0 atom stereocenters. The van der Waals surface area contributed by atoms with E-state index in [1.54, 1.807) is 40.5 Å². The van der Waals surface area contributed by atoms with Crippen LogP contribution in [0.1, 0.15) is 16.0 Å². The molecule has 4 aromatic rings. The molecule has 0 bridgehead atoms. The van der Waals surface area contributed by atoms with Gasteiger partial charge in [0, 0.05) is 21.2 Å². The van der Waals surface area contributed by atoms with Crippen molar-refractivity contribution in [2.24, 2.45) is 0 Å². The Bertz CT molecular complexity index is 1250. The minimum Gasteiger partial charge on any atom is -0.321 e. The molecule has 0 aliphatic carbocycles. The number of carbonyl (C=O) groups excluding carboxylic acids is 1. The summed E-state index contributed by atoms with van der Waals surface area (Å²) in [7, 11) is 0. The molecule has 0 aliphatic rings. The molecule has 2 aromatic carbocycles. The number of rotatable bonds is 5. The fourth-order valence-electron chi connectivity index (χ4n) is 3.31. The largest absolute Gasteiger partial charge is 0.322 e. The quantitative estimate of drug-likeness (QED) is 0.415. The van der Waals surface area contributed by atoms with E-state index >= 15 is 0 Å². The number of aromatic nitrogens is 1. The van der Waals surface area contributed by atoms with E-state index in [4.69, 9.17) is 11.6 Å². The number of para-hydroxylation sites is 1. The first-order chi connectivity index (χ1) is 14.5. The van der Waals surface area contributed by atoms with Gasteiger partial charge in [-0.1, -0.05) is 41.9 Å². The van der Waals surface area contributed by atoms with E-state index in [9.17, 15) is 9.59 Å². The smallest absolute Gasteiger partial charge is 0.321 e. The van der Waals surface area contributed by atoms with Gasteiger partial charge in [0.1, 0.15) is 0 Å². The second-order valence-corrected chi connectivity index (χ2v) is 8.51. The molecule has 152 valence electrons. The SMILES string of the molecule is Cc1cccc2cc(CN(Cc3cccs3)C(=O)Nc3cccc(Cl)c3)c(=O)[nH]c12. The number of aryl methyl sites for hydroxylation is 1. The van der Waals surface area contributed by atoms with Crippen molar-refractivity contribution in [3.8, 4) is 0 Å². The summed E-state index contributed by atoms with van der Waals surface area (Å²) in [6, 6.07) is 18.3. The Morgan fingerprint density at radius 3 is 2.70 bits per heavy atom.